The number of benzene rings is 1. The fourth-order valence-electron chi connectivity index (χ4n) is 1.42. The second-order valence-electron chi connectivity index (χ2n) is 3.38. The Kier molecular flexibility index (Phi) is 2.26. The fourth-order valence-corrected chi connectivity index (χ4v) is 1.88. The maximum absolute atomic E-state index is 12.7. The van der Waals surface area contributed by atoms with E-state index in [-0.39, 0.29) is 11.5 Å². The largest absolute Gasteiger partial charge is 0.487 e. The molecule has 3 nitrogen and oxygen atoms in total. The lowest BCUT2D eigenvalue weighted by Gasteiger charge is -2.15. The lowest BCUT2D eigenvalue weighted by molar-refractivity contribution is 0.352. The van der Waals surface area contributed by atoms with E-state index in [4.69, 9.17) is 4.74 Å². The maximum atomic E-state index is 12.7. The minimum atomic E-state index is -4.65. The van der Waals surface area contributed by atoms with Crippen LogP contribution in [-0.4, -0.2) is 15.0 Å². The lowest BCUT2D eigenvalue weighted by atomic mass is 10.1. The van der Waals surface area contributed by atoms with Gasteiger partial charge in [0.05, 0.1) is 0 Å². The molecule has 0 radical (unpaired) electrons. The van der Waals surface area contributed by atoms with Crippen LogP contribution in [0.25, 0.3) is 6.08 Å². The predicted molar refractivity (Wildman–Crippen MR) is 54.7 cm³/mol. The summed E-state index contributed by atoms with van der Waals surface area (Å²) in [4.78, 5) is -0.333. The van der Waals surface area contributed by atoms with Gasteiger partial charge in [0.1, 0.15) is 17.3 Å². The molecule has 1 aromatic rings. The second kappa shape index (κ2) is 3.34. The van der Waals surface area contributed by atoms with E-state index < -0.39 is 10.2 Å². The molecule has 0 saturated heterocycles. The van der Waals surface area contributed by atoms with Gasteiger partial charge in [-0.05, 0) is 25.1 Å². The highest BCUT2D eigenvalue weighted by Gasteiger charge is 2.21. The Balaban J connectivity index is 2.54. The Morgan fingerprint density at radius 1 is 1.40 bits per heavy atom. The van der Waals surface area contributed by atoms with Crippen LogP contribution < -0.4 is 4.74 Å². The zero-order valence-corrected chi connectivity index (χ0v) is 8.84. The van der Waals surface area contributed by atoms with Crippen LogP contribution >= 0.6 is 0 Å². The number of fused-ring (bicyclic) bond motifs is 1. The van der Waals surface area contributed by atoms with E-state index in [1.54, 1.807) is 12.1 Å². The molecule has 0 aliphatic carbocycles. The summed E-state index contributed by atoms with van der Waals surface area (Å²) in [6.45, 7) is 1.63. The number of hydrogen-bond acceptors (Lipinski definition) is 3. The normalized spacial score (nSPS) is 15.2. The highest BCUT2D eigenvalue weighted by atomic mass is 32.3. The molecule has 0 spiro atoms. The van der Waals surface area contributed by atoms with Gasteiger partial charge in [-0.15, -0.1) is 3.89 Å². The highest BCUT2D eigenvalue weighted by Crippen LogP contribution is 2.29. The van der Waals surface area contributed by atoms with Crippen LogP contribution in [0.3, 0.4) is 0 Å². The molecule has 0 bridgehead atoms. The minimum Gasteiger partial charge on any atom is -0.487 e. The Labute approximate surface area is 87.4 Å². The number of hydrogen-bond donors (Lipinski definition) is 0. The van der Waals surface area contributed by atoms with Gasteiger partial charge in [-0.2, -0.15) is 8.42 Å². The SMILES string of the molecule is Cc1ccc2c(c1)C=C(S(=O)(=O)F)CO2. The quantitative estimate of drug-likeness (QED) is 0.691. The highest BCUT2D eigenvalue weighted by molar-refractivity contribution is 7.90. The molecule has 15 heavy (non-hydrogen) atoms. The number of rotatable bonds is 1. The summed E-state index contributed by atoms with van der Waals surface area (Å²) in [6.07, 6.45) is 1.31. The van der Waals surface area contributed by atoms with Crippen LogP contribution in [0.1, 0.15) is 11.1 Å². The molecule has 1 heterocycles. The number of halogens is 1. The van der Waals surface area contributed by atoms with Crippen LogP contribution in [0.4, 0.5) is 3.89 Å². The van der Waals surface area contributed by atoms with Crippen molar-refractivity contribution in [3.8, 4) is 5.75 Å². The van der Waals surface area contributed by atoms with Crippen LogP contribution in [0, 0.1) is 6.92 Å². The second-order valence-corrected chi connectivity index (χ2v) is 4.78. The van der Waals surface area contributed by atoms with Crippen molar-refractivity contribution in [1.82, 2.24) is 0 Å². The van der Waals surface area contributed by atoms with Crippen LogP contribution in [-0.2, 0) is 10.2 Å². The Bertz CT molecular complexity index is 532. The first-order valence-electron chi connectivity index (χ1n) is 4.35. The van der Waals surface area contributed by atoms with Gasteiger partial charge >= 0.3 is 10.2 Å². The summed E-state index contributed by atoms with van der Waals surface area (Å²) in [6, 6.07) is 5.34. The zero-order valence-electron chi connectivity index (χ0n) is 8.03. The van der Waals surface area contributed by atoms with Gasteiger partial charge in [-0.1, -0.05) is 11.6 Å². The van der Waals surface area contributed by atoms with E-state index in [0.29, 0.717) is 11.3 Å². The van der Waals surface area contributed by atoms with Crippen molar-refractivity contribution in [3.63, 3.8) is 0 Å². The first kappa shape index (κ1) is 10.2. The van der Waals surface area contributed by atoms with Crippen molar-refractivity contribution in [2.45, 2.75) is 6.92 Å². The van der Waals surface area contributed by atoms with Gasteiger partial charge in [0.2, 0.25) is 0 Å². The Hall–Kier alpha value is -1.36. The van der Waals surface area contributed by atoms with Gasteiger partial charge in [0, 0.05) is 5.56 Å². The molecule has 0 unspecified atom stereocenters. The van der Waals surface area contributed by atoms with Gasteiger partial charge in [-0.25, -0.2) is 0 Å². The molecule has 1 aliphatic heterocycles. The van der Waals surface area contributed by atoms with Crippen LogP contribution in [0.5, 0.6) is 5.75 Å². The lowest BCUT2D eigenvalue weighted by Crippen LogP contribution is -2.12. The summed E-state index contributed by atoms with van der Waals surface area (Å²) in [7, 11) is -4.65. The standard InChI is InChI=1S/C10H9FO3S/c1-7-2-3-10-8(4-7)5-9(6-14-10)15(11,12)13/h2-5H,6H2,1H3. The van der Waals surface area contributed by atoms with Crippen molar-refractivity contribution in [3.05, 3.63) is 34.2 Å². The third-order valence-electron chi connectivity index (χ3n) is 2.16. The third-order valence-corrected chi connectivity index (χ3v) is 3.03. The summed E-state index contributed by atoms with van der Waals surface area (Å²) >= 11 is 0. The van der Waals surface area contributed by atoms with E-state index in [0.717, 1.165) is 5.56 Å². The van der Waals surface area contributed by atoms with E-state index in [1.165, 1.54) is 6.08 Å². The average Bonchev–Trinajstić information content (AvgIpc) is 2.15. The average molecular weight is 228 g/mol. The van der Waals surface area contributed by atoms with E-state index in [9.17, 15) is 12.3 Å². The minimum absolute atomic E-state index is 0.241. The third kappa shape index (κ3) is 2.02. The van der Waals surface area contributed by atoms with Crippen LogP contribution in [0.2, 0.25) is 0 Å². The molecule has 80 valence electrons. The van der Waals surface area contributed by atoms with Crippen molar-refractivity contribution >= 4 is 16.3 Å². The summed E-state index contributed by atoms with van der Waals surface area (Å²) in [5.41, 5.74) is 1.56. The van der Waals surface area contributed by atoms with Gasteiger partial charge in [0.25, 0.3) is 0 Å². The molecule has 0 aromatic heterocycles. The number of aryl methyl sites for hydroxylation is 1. The molecular weight excluding hydrogens is 219 g/mol. The van der Waals surface area contributed by atoms with Gasteiger partial charge in [0.15, 0.2) is 0 Å². The Morgan fingerprint density at radius 2 is 2.13 bits per heavy atom. The van der Waals surface area contributed by atoms with Gasteiger partial charge in [-0.3, -0.25) is 0 Å². The molecule has 0 amide bonds. The smallest absolute Gasteiger partial charge is 0.331 e. The zero-order chi connectivity index (χ0) is 11.1. The summed E-state index contributed by atoms with van der Waals surface area (Å²) in [5.74, 6) is 0.577. The Morgan fingerprint density at radius 3 is 2.80 bits per heavy atom. The fraction of sp³-hybridized carbons (Fsp3) is 0.200. The maximum Gasteiger partial charge on any atom is 0.331 e. The summed E-state index contributed by atoms with van der Waals surface area (Å²) in [5, 5.41) is 0. The van der Waals surface area contributed by atoms with Crippen molar-refractivity contribution < 1.29 is 17.0 Å². The van der Waals surface area contributed by atoms with Crippen molar-refractivity contribution in [2.24, 2.45) is 0 Å². The van der Waals surface area contributed by atoms with E-state index in [1.807, 2.05) is 13.0 Å². The molecule has 0 N–H and O–H groups in total. The van der Waals surface area contributed by atoms with E-state index >= 15 is 0 Å². The number of ether oxygens (including phenoxy) is 1. The molecule has 0 saturated carbocycles. The topological polar surface area (TPSA) is 43.4 Å². The predicted octanol–water partition coefficient (Wildman–Crippen LogP) is 2.03. The molecule has 2 rings (SSSR count). The van der Waals surface area contributed by atoms with E-state index in [2.05, 4.69) is 0 Å². The van der Waals surface area contributed by atoms with Crippen LogP contribution in [0.15, 0.2) is 23.1 Å². The monoisotopic (exact) mass is 228 g/mol. The van der Waals surface area contributed by atoms with Crippen molar-refractivity contribution in [2.75, 3.05) is 6.61 Å². The molecule has 1 aliphatic rings. The van der Waals surface area contributed by atoms with Gasteiger partial charge < -0.3 is 4.74 Å². The summed E-state index contributed by atoms with van der Waals surface area (Å²) < 4.78 is 39.2. The van der Waals surface area contributed by atoms with Crippen molar-refractivity contribution in [1.29, 1.82) is 0 Å². The molecule has 0 atom stereocenters. The molecule has 0 fully saturated rings. The molecule has 5 heteroatoms. The molecule has 1 aromatic carbocycles. The first-order chi connectivity index (χ1) is 6.97. The first-order valence-corrected chi connectivity index (χ1v) is 5.74. The molecular formula is C10H9FO3S.